The van der Waals surface area contributed by atoms with Gasteiger partial charge in [-0.2, -0.15) is 0 Å². The van der Waals surface area contributed by atoms with Gasteiger partial charge in [-0.15, -0.1) is 0 Å². The topological polar surface area (TPSA) is 37.8 Å². The van der Waals surface area contributed by atoms with E-state index in [1.807, 2.05) is 0 Å². The number of hydrogen-bond donors (Lipinski definition) is 1. The molecule has 1 aliphatic carbocycles. The third-order valence-electron chi connectivity index (χ3n) is 2.99. The molecular weight excluding hydrogens is 186 g/mol. The number of aromatic nitrogens is 2. The Labute approximate surface area is 91.3 Å². The summed E-state index contributed by atoms with van der Waals surface area (Å²) in [6.45, 7) is 5.16. The van der Waals surface area contributed by atoms with E-state index in [4.69, 9.17) is 0 Å². The van der Waals surface area contributed by atoms with E-state index in [1.165, 1.54) is 19.3 Å². The number of nitrogens with one attached hydrogen (secondary N) is 1. The maximum absolute atomic E-state index is 4.61. The van der Waals surface area contributed by atoms with Crippen molar-refractivity contribution in [1.29, 1.82) is 0 Å². The monoisotopic (exact) mass is 205 g/mol. The van der Waals surface area contributed by atoms with Crippen molar-refractivity contribution in [3.63, 3.8) is 0 Å². The second-order valence-electron chi connectivity index (χ2n) is 4.11. The fraction of sp³-hybridized carbons (Fsp3) is 0.667. The Hall–Kier alpha value is -1.12. The molecule has 1 fully saturated rings. The fourth-order valence-corrected chi connectivity index (χ4v) is 1.82. The molecule has 0 saturated heterocycles. The molecule has 0 amide bonds. The molecule has 3 nitrogen and oxygen atoms in total. The minimum absolute atomic E-state index is 0.619. The largest absolute Gasteiger partial charge is 0.370 e. The van der Waals surface area contributed by atoms with Gasteiger partial charge in [-0.25, -0.2) is 9.97 Å². The first-order valence-electron chi connectivity index (χ1n) is 5.95. The molecule has 0 bridgehead atoms. The summed E-state index contributed by atoms with van der Waals surface area (Å²) >= 11 is 0. The van der Waals surface area contributed by atoms with Gasteiger partial charge in [0.25, 0.3) is 0 Å². The highest BCUT2D eigenvalue weighted by Gasteiger charge is 2.22. The van der Waals surface area contributed by atoms with Gasteiger partial charge in [-0.3, -0.25) is 0 Å². The maximum atomic E-state index is 4.61. The third kappa shape index (κ3) is 2.28. The zero-order valence-electron chi connectivity index (χ0n) is 9.58. The molecule has 0 atom stereocenters. The highest BCUT2D eigenvalue weighted by Crippen LogP contribution is 2.34. The second kappa shape index (κ2) is 4.60. The minimum atomic E-state index is 0.619. The molecule has 1 heterocycles. The number of nitrogens with zero attached hydrogens (tertiary/aromatic N) is 2. The lowest BCUT2D eigenvalue weighted by Crippen LogP contribution is -2.15. The van der Waals surface area contributed by atoms with Gasteiger partial charge in [0.15, 0.2) is 0 Å². The number of anilines is 1. The summed E-state index contributed by atoms with van der Waals surface area (Å²) < 4.78 is 0. The van der Waals surface area contributed by atoms with Crippen LogP contribution in [-0.2, 0) is 6.42 Å². The van der Waals surface area contributed by atoms with Gasteiger partial charge in [0.2, 0.25) is 0 Å². The van der Waals surface area contributed by atoms with Crippen LogP contribution in [-0.4, -0.2) is 16.5 Å². The first-order chi connectivity index (χ1) is 7.33. The lowest BCUT2D eigenvalue weighted by Gasteiger charge is -2.24. The van der Waals surface area contributed by atoms with E-state index in [0.717, 1.165) is 30.3 Å². The zero-order valence-corrected chi connectivity index (χ0v) is 9.58. The lowest BCUT2D eigenvalue weighted by atomic mass is 9.85. The molecule has 0 spiro atoms. The van der Waals surface area contributed by atoms with Crippen molar-refractivity contribution in [2.45, 2.75) is 45.4 Å². The van der Waals surface area contributed by atoms with E-state index in [-0.39, 0.29) is 0 Å². The molecule has 0 unspecified atom stereocenters. The predicted molar refractivity (Wildman–Crippen MR) is 62.2 cm³/mol. The van der Waals surface area contributed by atoms with Crippen LogP contribution >= 0.6 is 0 Å². The maximum Gasteiger partial charge on any atom is 0.134 e. The molecule has 0 radical (unpaired) electrons. The Morgan fingerprint density at radius 1 is 1.33 bits per heavy atom. The summed E-state index contributed by atoms with van der Waals surface area (Å²) in [7, 11) is 0. The van der Waals surface area contributed by atoms with Crippen LogP contribution in [0.25, 0.3) is 0 Å². The number of rotatable bonds is 4. The molecular formula is C12H19N3. The van der Waals surface area contributed by atoms with E-state index in [1.54, 1.807) is 0 Å². The van der Waals surface area contributed by atoms with Crippen LogP contribution in [0.4, 0.5) is 5.82 Å². The Morgan fingerprint density at radius 2 is 2.13 bits per heavy atom. The van der Waals surface area contributed by atoms with Gasteiger partial charge in [0, 0.05) is 24.2 Å². The van der Waals surface area contributed by atoms with Crippen molar-refractivity contribution in [3.8, 4) is 0 Å². The van der Waals surface area contributed by atoms with Crippen molar-refractivity contribution in [3.05, 3.63) is 17.6 Å². The van der Waals surface area contributed by atoms with Crippen LogP contribution in [0.2, 0.25) is 0 Å². The highest BCUT2D eigenvalue weighted by atomic mass is 15.0. The molecule has 3 heteroatoms. The van der Waals surface area contributed by atoms with Crippen molar-refractivity contribution < 1.29 is 0 Å². The van der Waals surface area contributed by atoms with Gasteiger partial charge in [-0.05, 0) is 26.2 Å². The first kappa shape index (κ1) is 10.4. The van der Waals surface area contributed by atoms with Gasteiger partial charge < -0.3 is 5.32 Å². The van der Waals surface area contributed by atoms with E-state index < -0.39 is 0 Å². The third-order valence-corrected chi connectivity index (χ3v) is 2.99. The molecule has 1 N–H and O–H groups in total. The van der Waals surface area contributed by atoms with Crippen molar-refractivity contribution >= 4 is 5.82 Å². The molecule has 82 valence electrons. The summed E-state index contributed by atoms with van der Waals surface area (Å²) in [6, 6.07) is 2.06. The molecule has 15 heavy (non-hydrogen) atoms. The van der Waals surface area contributed by atoms with Crippen LogP contribution in [0.3, 0.4) is 0 Å². The van der Waals surface area contributed by atoms with Crippen LogP contribution in [0, 0.1) is 0 Å². The Bertz CT molecular complexity index is 332. The standard InChI is InChI=1S/C12H19N3/c1-3-10-8-11(13-4-2)15-12(14-10)9-6-5-7-9/h8-9H,3-7H2,1-2H3,(H,13,14,15). The smallest absolute Gasteiger partial charge is 0.134 e. The van der Waals surface area contributed by atoms with E-state index in [9.17, 15) is 0 Å². The van der Waals surface area contributed by atoms with Crippen molar-refractivity contribution in [2.24, 2.45) is 0 Å². The Morgan fingerprint density at radius 3 is 2.67 bits per heavy atom. The Kier molecular flexibility index (Phi) is 3.19. The molecule has 1 aromatic rings. The van der Waals surface area contributed by atoms with E-state index >= 15 is 0 Å². The molecule has 2 rings (SSSR count). The summed E-state index contributed by atoms with van der Waals surface area (Å²) in [6.07, 6.45) is 4.85. The summed E-state index contributed by atoms with van der Waals surface area (Å²) in [5.74, 6) is 2.66. The van der Waals surface area contributed by atoms with Crippen LogP contribution in [0.1, 0.15) is 50.5 Å². The van der Waals surface area contributed by atoms with Crippen molar-refractivity contribution in [2.75, 3.05) is 11.9 Å². The van der Waals surface area contributed by atoms with Crippen LogP contribution < -0.4 is 5.32 Å². The second-order valence-corrected chi connectivity index (χ2v) is 4.11. The Balaban J connectivity index is 2.23. The zero-order chi connectivity index (χ0) is 10.7. The van der Waals surface area contributed by atoms with Crippen molar-refractivity contribution in [1.82, 2.24) is 9.97 Å². The van der Waals surface area contributed by atoms with Crippen LogP contribution in [0.15, 0.2) is 6.07 Å². The molecule has 0 aliphatic heterocycles. The average Bonchev–Trinajstić information content (AvgIpc) is 2.15. The number of aryl methyl sites for hydroxylation is 1. The van der Waals surface area contributed by atoms with E-state index in [0.29, 0.717) is 5.92 Å². The normalized spacial score (nSPS) is 16.1. The molecule has 0 aromatic carbocycles. The van der Waals surface area contributed by atoms with Gasteiger partial charge in [0.05, 0.1) is 0 Å². The number of hydrogen-bond acceptors (Lipinski definition) is 3. The average molecular weight is 205 g/mol. The van der Waals surface area contributed by atoms with E-state index in [2.05, 4.69) is 35.2 Å². The molecule has 1 aromatic heterocycles. The summed E-state index contributed by atoms with van der Waals surface area (Å²) in [5, 5.41) is 3.27. The lowest BCUT2D eigenvalue weighted by molar-refractivity contribution is 0.400. The highest BCUT2D eigenvalue weighted by molar-refractivity contribution is 5.36. The van der Waals surface area contributed by atoms with Gasteiger partial charge in [-0.1, -0.05) is 13.3 Å². The predicted octanol–water partition coefficient (Wildman–Crippen LogP) is 2.74. The van der Waals surface area contributed by atoms with Gasteiger partial charge >= 0.3 is 0 Å². The van der Waals surface area contributed by atoms with Gasteiger partial charge in [0.1, 0.15) is 11.6 Å². The molecule has 1 saturated carbocycles. The quantitative estimate of drug-likeness (QED) is 0.821. The minimum Gasteiger partial charge on any atom is -0.370 e. The molecule has 1 aliphatic rings. The fourth-order valence-electron chi connectivity index (χ4n) is 1.82. The summed E-state index contributed by atoms with van der Waals surface area (Å²) in [4.78, 5) is 9.18. The first-order valence-corrected chi connectivity index (χ1v) is 5.95. The SMILES string of the molecule is CCNc1cc(CC)nc(C2CCC2)n1. The van der Waals surface area contributed by atoms with Crippen LogP contribution in [0.5, 0.6) is 0 Å². The summed E-state index contributed by atoms with van der Waals surface area (Å²) in [5.41, 5.74) is 1.16.